The maximum absolute atomic E-state index is 2.48. The van der Waals surface area contributed by atoms with Crippen molar-refractivity contribution in [2.24, 2.45) is 23.7 Å². The van der Waals surface area contributed by atoms with E-state index in [9.17, 15) is 0 Å². The van der Waals surface area contributed by atoms with E-state index in [0.717, 1.165) is 5.92 Å². The van der Waals surface area contributed by atoms with Crippen LogP contribution in [0, 0.1) is 23.7 Å². The molecule has 0 aliphatic heterocycles. The molecule has 0 amide bonds. The topological polar surface area (TPSA) is 0 Å². The van der Waals surface area contributed by atoms with Gasteiger partial charge in [0.2, 0.25) is 0 Å². The average Bonchev–Trinajstić information content (AvgIpc) is 2.99. The van der Waals surface area contributed by atoms with Crippen molar-refractivity contribution in [1.29, 1.82) is 0 Å². The Morgan fingerprint density at radius 2 is 1.50 bits per heavy atom. The van der Waals surface area contributed by atoms with E-state index in [1.54, 1.807) is 5.57 Å². The van der Waals surface area contributed by atoms with E-state index in [1.165, 1.54) is 5.56 Å². The Kier molecular flexibility index (Phi) is 1.59. The second-order valence-electron chi connectivity index (χ2n) is 5.02. The van der Waals surface area contributed by atoms with Crippen LogP contribution in [-0.4, -0.2) is 0 Å². The monoisotopic (exact) mass is 206 g/mol. The minimum absolute atomic E-state index is 0.660. The summed E-state index contributed by atoms with van der Waals surface area (Å²) in [5, 5.41) is 0. The van der Waals surface area contributed by atoms with E-state index in [4.69, 9.17) is 0 Å². The van der Waals surface area contributed by atoms with Crippen molar-refractivity contribution < 1.29 is 0 Å². The third-order valence-corrected chi connectivity index (χ3v) is 4.24. The van der Waals surface area contributed by atoms with Gasteiger partial charge in [0.25, 0.3) is 0 Å². The van der Waals surface area contributed by atoms with Gasteiger partial charge in [0, 0.05) is 5.92 Å². The molecule has 16 heavy (non-hydrogen) atoms. The minimum atomic E-state index is 0.660. The van der Waals surface area contributed by atoms with Gasteiger partial charge in [-0.25, -0.2) is 0 Å². The zero-order valence-corrected chi connectivity index (χ0v) is 9.08. The minimum Gasteiger partial charge on any atom is -0.0807 e. The molecule has 0 heteroatoms. The first kappa shape index (κ1) is 8.58. The summed E-state index contributed by atoms with van der Waals surface area (Å²) in [6, 6.07) is 10.8. The molecule has 0 heterocycles. The van der Waals surface area contributed by atoms with Crippen molar-refractivity contribution in [2.75, 3.05) is 0 Å². The highest BCUT2D eigenvalue weighted by molar-refractivity contribution is 5.73. The van der Waals surface area contributed by atoms with Crippen LogP contribution < -0.4 is 0 Å². The van der Waals surface area contributed by atoms with Gasteiger partial charge in [0.15, 0.2) is 0 Å². The van der Waals surface area contributed by atoms with Crippen molar-refractivity contribution in [3.05, 3.63) is 66.3 Å². The molecule has 0 spiro atoms. The van der Waals surface area contributed by atoms with E-state index in [0.29, 0.717) is 17.8 Å². The Labute approximate surface area is 96.0 Å². The maximum Gasteiger partial charge on any atom is 0.00667 e. The second kappa shape index (κ2) is 2.98. The molecule has 0 nitrogen and oxygen atoms in total. The van der Waals surface area contributed by atoms with E-state index in [1.807, 2.05) is 0 Å². The largest absolute Gasteiger partial charge is 0.0807 e. The fourth-order valence-electron chi connectivity index (χ4n) is 3.53. The van der Waals surface area contributed by atoms with Crippen LogP contribution >= 0.6 is 0 Å². The molecule has 78 valence electrons. The van der Waals surface area contributed by atoms with Crippen LogP contribution in [0.5, 0.6) is 0 Å². The van der Waals surface area contributed by atoms with E-state index < -0.39 is 0 Å². The first-order valence-corrected chi connectivity index (χ1v) is 6.07. The first-order chi connectivity index (χ1) is 7.93. The highest BCUT2D eigenvalue weighted by Crippen LogP contribution is 2.53. The van der Waals surface area contributed by atoms with Crippen molar-refractivity contribution in [3.63, 3.8) is 0 Å². The van der Waals surface area contributed by atoms with Gasteiger partial charge < -0.3 is 0 Å². The average molecular weight is 206 g/mol. The van der Waals surface area contributed by atoms with Crippen LogP contribution in [-0.2, 0) is 0 Å². The summed E-state index contributed by atoms with van der Waals surface area (Å²) in [6.45, 7) is 0. The van der Waals surface area contributed by atoms with Crippen molar-refractivity contribution in [3.8, 4) is 0 Å². The second-order valence-corrected chi connectivity index (χ2v) is 5.02. The first-order valence-electron chi connectivity index (χ1n) is 6.07. The molecule has 4 rings (SSSR count). The Hall–Kier alpha value is -1.56. The molecular formula is C16H14. The van der Waals surface area contributed by atoms with Gasteiger partial charge in [-0.05, 0) is 28.9 Å². The zero-order chi connectivity index (χ0) is 10.5. The van der Waals surface area contributed by atoms with Gasteiger partial charge in [-0.1, -0.05) is 60.7 Å². The number of hydrogen-bond donors (Lipinski definition) is 0. The van der Waals surface area contributed by atoms with Crippen molar-refractivity contribution in [1.82, 2.24) is 0 Å². The maximum atomic E-state index is 2.48. The molecule has 0 unspecified atom stereocenters. The van der Waals surface area contributed by atoms with Gasteiger partial charge >= 0.3 is 0 Å². The van der Waals surface area contributed by atoms with E-state index >= 15 is 0 Å². The fraction of sp³-hybridized carbons (Fsp3) is 0.250. The van der Waals surface area contributed by atoms with Crippen molar-refractivity contribution >= 4 is 5.57 Å². The predicted octanol–water partition coefficient (Wildman–Crippen LogP) is 3.69. The molecule has 1 aromatic carbocycles. The Bertz CT molecular complexity index is 504. The fourth-order valence-corrected chi connectivity index (χ4v) is 3.53. The standard InChI is InChI=1S/C16H14/c1-2-4-11(5-3-1)15-10-13-7-6-12-8-9-14(15)16(12)13/h1-10,12-14,16H/t12-,13-,14-,16+/m1/s1. The normalized spacial score (nSPS) is 37.9. The highest BCUT2D eigenvalue weighted by Gasteiger charge is 2.44. The molecule has 0 bridgehead atoms. The van der Waals surface area contributed by atoms with Gasteiger partial charge in [-0.2, -0.15) is 0 Å². The van der Waals surface area contributed by atoms with Gasteiger partial charge in [0.1, 0.15) is 0 Å². The third-order valence-electron chi connectivity index (χ3n) is 4.24. The Morgan fingerprint density at radius 1 is 0.750 bits per heavy atom. The number of allylic oxidation sites excluding steroid dienone is 6. The van der Waals surface area contributed by atoms with E-state index in [-0.39, 0.29) is 0 Å². The van der Waals surface area contributed by atoms with Crippen LogP contribution in [0.15, 0.2) is 60.7 Å². The molecule has 0 N–H and O–H groups in total. The third kappa shape index (κ3) is 0.996. The summed E-state index contributed by atoms with van der Waals surface area (Å²) < 4.78 is 0. The van der Waals surface area contributed by atoms with Crippen LogP contribution in [0.2, 0.25) is 0 Å². The van der Waals surface area contributed by atoms with E-state index in [2.05, 4.69) is 60.7 Å². The number of rotatable bonds is 1. The molecule has 0 fully saturated rings. The van der Waals surface area contributed by atoms with Gasteiger partial charge in [-0.3, -0.25) is 0 Å². The SMILES string of the molecule is C1=C[C@@H]2C=C(c3ccccc3)[C@H]3C=C[C@@H]1[C@@H]23. The lowest BCUT2D eigenvalue weighted by Crippen LogP contribution is -2.12. The Morgan fingerprint density at radius 3 is 2.38 bits per heavy atom. The zero-order valence-electron chi connectivity index (χ0n) is 9.08. The molecule has 4 atom stereocenters. The Balaban J connectivity index is 1.82. The smallest absolute Gasteiger partial charge is 0.00667 e. The molecule has 0 radical (unpaired) electrons. The highest BCUT2D eigenvalue weighted by atomic mass is 14.5. The predicted molar refractivity (Wildman–Crippen MR) is 66.7 cm³/mol. The lowest BCUT2D eigenvalue weighted by molar-refractivity contribution is 0.423. The molecule has 3 aliphatic carbocycles. The molecule has 1 aromatic rings. The molecule has 0 saturated carbocycles. The van der Waals surface area contributed by atoms with Crippen LogP contribution in [0.3, 0.4) is 0 Å². The van der Waals surface area contributed by atoms with Crippen LogP contribution in [0.25, 0.3) is 5.57 Å². The van der Waals surface area contributed by atoms with Gasteiger partial charge in [0.05, 0.1) is 0 Å². The molecule has 0 aromatic heterocycles. The molecular weight excluding hydrogens is 192 g/mol. The summed E-state index contributed by atoms with van der Waals surface area (Å²) in [5.74, 6) is 2.84. The molecule has 3 aliphatic rings. The lowest BCUT2D eigenvalue weighted by Gasteiger charge is -2.17. The summed E-state index contributed by atoms with van der Waals surface area (Å²) in [5.41, 5.74) is 2.94. The lowest BCUT2D eigenvalue weighted by atomic mass is 9.85. The van der Waals surface area contributed by atoms with Crippen LogP contribution in [0.4, 0.5) is 0 Å². The summed E-state index contributed by atoms with van der Waals surface area (Å²) >= 11 is 0. The van der Waals surface area contributed by atoms with Crippen molar-refractivity contribution in [2.45, 2.75) is 0 Å². The molecule has 0 saturated heterocycles. The summed E-state index contributed by atoms with van der Waals surface area (Å²) in [7, 11) is 0. The quantitative estimate of drug-likeness (QED) is 0.615. The summed E-state index contributed by atoms with van der Waals surface area (Å²) in [6.07, 6.45) is 12.1. The number of hydrogen-bond acceptors (Lipinski definition) is 0. The summed E-state index contributed by atoms with van der Waals surface area (Å²) in [4.78, 5) is 0. The van der Waals surface area contributed by atoms with Crippen LogP contribution in [0.1, 0.15) is 5.56 Å². The van der Waals surface area contributed by atoms with Gasteiger partial charge in [-0.15, -0.1) is 0 Å². The number of benzene rings is 1.